The normalized spacial score (nSPS) is 21.4. The molecule has 1 nitrogen and oxygen atoms in total. The van der Waals surface area contributed by atoms with Crippen LogP contribution in [0.25, 0.3) is 0 Å². The van der Waals surface area contributed by atoms with E-state index < -0.39 is 0 Å². The van der Waals surface area contributed by atoms with E-state index >= 15 is 0 Å². The molecule has 20 heavy (non-hydrogen) atoms. The van der Waals surface area contributed by atoms with Gasteiger partial charge < -0.3 is 5.32 Å². The van der Waals surface area contributed by atoms with Crippen LogP contribution < -0.4 is 5.32 Å². The Labute approximate surface area is 122 Å². The third kappa shape index (κ3) is 2.58. The lowest BCUT2D eigenvalue weighted by Crippen LogP contribution is -2.19. The van der Waals surface area contributed by atoms with Crippen molar-refractivity contribution < 1.29 is 0 Å². The Bertz CT molecular complexity index is 595. The summed E-state index contributed by atoms with van der Waals surface area (Å²) in [6.07, 6.45) is 2.48. The second-order valence-electron chi connectivity index (χ2n) is 6.18. The number of nitrogens with one attached hydrogen (secondary N) is 1. The monoisotopic (exact) mass is 265 g/mol. The number of rotatable bonds is 2. The van der Waals surface area contributed by atoms with Gasteiger partial charge in [0.15, 0.2) is 0 Å². The summed E-state index contributed by atoms with van der Waals surface area (Å²) in [5.41, 5.74) is 6.89. The van der Waals surface area contributed by atoms with Crippen LogP contribution in [-0.4, -0.2) is 0 Å². The molecular formula is C19H23N. The molecule has 0 bridgehead atoms. The second-order valence-corrected chi connectivity index (χ2v) is 6.18. The molecule has 0 aromatic heterocycles. The summed E-state index contributed by atoms with van der Waals surface area (Å²) in [6, 6.07) is 16.1. The van der Waals surface area contributed by atoms with Gasteiger partial charge in [-0.3, -0.25) is 0 Å². The molecule has 2 atom stereocenters. The van der Waals surface area contributed by atoms with E-state index in [2.05, 4.69) is 68.6 Å². The molecule has 104 valence electrons. The number of hydrogen-bond donors (Lipinski definition) is 1. The van der Waals surface area contributed by atoms with Crippen LogP contribution in [0.15, 0.2) is 42.5 Å². The first-order chi connectivity index (χ1) is 9.63. The molecule has 0 aliphatic heterocycles. The summed E-state index contributed by atoms with van der Waals surface area (Å²) in [6.45, 7) is 6.66. The number of benzene rings is 2. The zero-order valence-electron chi connectivity index (χ0n) is 12.6. The highest BCUT2D eigenvalue weighted by atomic mass is 14.9. The average Bonchev–Trinajstić information content (AvgIpc) is 2.41. The summed E-state index contributed by atoms with van der Waals surface area (Å²) < 4.78 is 0. The van der Waals surface area contributed by atoms with Gasteiger partial charge >= 0.3 is 0 Å². The van der Waals surface area contributed by atoms with Crippen LogP contribution in [0, 0.1) is 13.8 Å². The SMILES string of the molecule is Cc1cc(C)cc(NC2CCC(C)c3ccccc32)c1. The second kappa shape index (κ2) is 5.32. The van der Waals surface area contributed by atoms with Gasteiger partial charge in [-0.25, -0.2) is 0 Å². The van der Waals surface area contributed by atoms with Crippen molar-refractivity contribution in [3.63, 3.8) is 0 Å². The van der Waals surface area contributed by atoms with Gasteiger partial charge in [-0.05, 0) is 67.0 Å². The maximum atomic E-state index is 3.74. The quantitative estimate of drug-likeness (QED) is 0.771. The minimum absolute atomic E-state index is 0.448. The van der Waals surface area contributed by atoms with Crippen LogP contribution in [0.1, 0.15) is 54.0 Å². The summed E-state index contributed by atoms with van der Waals surface area (Å²) >= 11 is 0. The van der Waals surface area contributed by atoms with Crippen LogP contribution in [0.4, 0.5) is 5.69 Å². The number of aryl methyl sites for hydroxylation is 2. The molecule has 3 rings (SSSR count). The molecule has 0 amide bonds. The van der Waals surface area contributed by atoms with Gasteiger partial charge in [0, 0.05) is 5.69 Å². The summed E-state index contributed by atoms with van der Waals surface area (Å²) in [5.74, 6) is 0.684. The van der Waals surface area contributed by atoms with Crippen molar-refractivity contribution in [3.8, 4) is 0 Å². The fourth-order valence-electron chi connectivity index (χ4n) is 3.41. The van der Waals surface area contributed by atoms with E-state index in [0.29, 0.717) is 12.0 Å². The van der Waals surface area contributed by atoms with E-state index in [4.69, 9.17) is 0 Å². The van der Waals surface area contributed by atoms with Crippen molar-refractivity contribution in [3.05, 3.63) is 64.7 Å². The topological polar surface area (TPSA) is 12.0 Å². The largest absolute Gasteiger partial charge is 0.378 e. The highest BCUT2D eigenvalue weighted by molar-refractivity contribution is 5.51. The zero-order valence-corrected chi connectivity index (χ0v) is 12.6. The number of hydrogen-bond acceptors (Lipinski definition) is 1. The first-order valence-electron chi connectivity index (χ1n) is 7.57. The van der Waals surface area contributed by atoms with Crippen molar-refractivity contribution in [1.82, 2.24) is 0 Å². The molecule has 1 heteroatoms. The standard InChI is InChI=1S/C19H23N/c1-13-10-14(2)12-16(11-13)20-19-9-8-15(3)17-6-4-5-7-18(17)19/h4-7,10-12,15,19-20H,8-9H2,1-3H3. The highest BCUT2D eigenvalue weighted by Gasteiger charge is 2.24. The molecule has 0 spiro atoms. The van der Waals surface area contributed by atoms with Crippen LogP contribution in [0.5, 0.6) is 0 Å². The molecule has 0 saturated heterocycles. The van der Waals surface area contributed by atoms with Gasteiger partial charge in [-0.1, -0.05) is 37.3 Å². The minimum Gasteiger partial charge on any atom is -0.378 e. The lowest BCUT2D eigenvalue weighted by atomic mass is 9.81. The smallest absolute Gasteiger partial charge is 0.0516 e. The van der Waals surface area contributed by atoms with Crippen molar-refractivity contribution in [1.29, 1.82) is 0 Å². The van der Waals surface area contributed by atoms with E-state index in [-0.39, 0.29) is 0 Å². The lowest BCUT2D eigenvalue weighted by Gasteiger charge is -2.31. The van der Waals surface area contributed by atoms with Gasteiger partial charge in [-0.2, -0.15) is 0 Å². The Morgan fingerprint density at radius 1 is 0.900 bits per heavy atom. The summed E-state index contributed by atoms with van der Waals surface area (Å²) in [4.78, 5) is 0. The van der Waals surface area contributed by atoms with E-state index in [9.17, 15) is 0 Å². The van der Waals surface area contributed by atoms with Crippen LogP contribution in [0.3, 0.4) is 0 Å². The predicted molar refractivity (Wildman–Crippen MR) is 86.4 cm³/mol. The first-order valence-corrected chi connectivity index (χ1v) is 7.57. The van der Waals surface area contributed by atoms with Crippen molar-refractivity contribution in [2.75, 3.05) is 5.32 Å². The van der Waals surface area contributed by atoms with E-state index in [0.717, 1.165) is 0 Å². The molecule has 1 aliphatic carbocycles. The first kappa shape index (κ1) is 13.2. The molecule has 2 aromatic rings. The summed E-state index contributed by atoms with van der Waals surface area (Å²) in [7, 11) is 0. The van der Waals surface area contributed by atoms with E-state index in [1.807, 2.05) is 0 Å². The van der Waals surface area contributed by atoms with Gasteiger partial charge in [0.05, 0.1) is 6.04 Å². The van der Waals surface area contributed by atoms with Gasteiger partial charge in [0.1, 0.15) is 0 Å². The number of fused-ring (bicyclic) bond motifs is 1. The fourth-order valence-corrected chi connectivity index (χ4v) is 3.41. The Balaban J connectivity index is 1.90. The molecular weight excluding hydrogens is 242 g/mol. The Hall–Kier alpha value is -1.76. The van der Waals surface area contributed by atoms with Crippen molar-refractivity contribution in [2.24, 2.45) is 0 Å². The highest BCUT2D eigenvalue weighted by Crippen LogP contribution is 2.38. The minimum atomic E-state index is 0.448. The molecule has 0 fully saturated rings. The molecule has 2 aromatic carbocycles. The third-order valence-corrected chi connectivity index (χ3v) is 4.35. The van der Waals surface area contributed by atoms with Crippen molar-refractivity contribution >= 4 is 5.69 Å². The van der Waals surface area contributed by atoms with Gasteiger partial charge in [0.2, 0.25) is 0 Å². The molecule has 1 aliphatic rings. The Morgan fingerprint density at radius 3 is 2.25 bits per heavy atom. The molecule has 0 radical (unpaired) electrons. The van der Waals surface area contributed by atoms with Crippen LogP contribution >= 0.6 is 0 Å². The lowest BCUT2D eigenvalue weighted by molar-refractivity contribution is 0.534. The van der Waals surface area contributed by atoms with E-state index in [1.54, 1.807) is 0 Å². The zero-order chi connectivity index (χ0) is 14.1. The molecule has 0 saturated carbocycles. The van der Waals surface area contributed by atoms with E-state index in [1.165, 1.54) is 40.8 Å². The Morgan fingerprint density at radius 2 is 1.55 bits per heavy atom. The maximum absolute atomic E-state index is 3.74. The van der Waals surface area contributed by atoms with Gasteiger partial charge in [-0.15, -0.1) is 0 Å². The predicted octanol–water partition coefficient (Wildman–Crippen LogP) is 5.35. The maximum Gasteiger partial charge on any atom is 0.0516 e. The molecule has 1 N–H and O–H groups in total. The summed E-state index contributed by atoms with van der Waals surface area (Å²) in [5, 5.41) is 3.74. The van der Waals surface area contributed by atoms with Crippen LogP contribution in [-0.2, 0) is 0 Å². The van der Waals surface area contributed by atoms with Gasteiger partial charge in [0.25, 0.3) is 0 Å². The molecule has 0 heterocycles. The Kier molecular flexibility index (Phi) is 3.52. The number of anilines is 1. The molecule has 2 unspecified atom stereocenters. The third-order valence-electron chi connectivity index (χ3n) is 4.35. The van der Waals surface area contributed by atoms with Crippen LogP contribution in [0.2, 0.25) is 0 Å². The van der Waals surface area contributed by atoms with Crippen molar-refractivity contribution in [2.45, 2.75) is 45.6 Å². The average molecular weight is 265 g/mol. The fraction of sp³-hybridized carbons (Fsp3) is 0.368.